The van der Waals surface area contributed by atoms with Gasteiger partial charge in [0.25, 0.3) is 0 Å². The van der Waals surface area contributed by atoms with Gasteiger partial charge in [-0.2, -0.15) is 13.2 Å². The van der Waals surface area contributed by atoms with Gasteiger partial charge in [0, 0.05) is 23.6 Å². The van der Waals surface area contributed by atoms with E-state index in [9.17, 15) is 26.4 Å². The van der Waals surface area contributed by atoms with E-state index in [4.69, 9.17) is 0 Å². The maximum atomic E-state index is 12.2. The Kier molecular flexibility index (Phi) is 6.55. The topological polar surface area (TPSA) is 85.4 Å². The van der Waals surface area contributed by atoms with Crippen LogP contribution in [0.15, 0.2) is 18.3 Å². The number of halogens is 3. The number of hydrogen-bond donors (Lipinski definition) is 1. The molecule has 1 atom stereocenters. The number of rotatable bonds is 7. The van der Waals surface area contributed by atoms with Crippen molar-refractivity contribution in [2.75, 3.05) is 23.9 Å². The standard InChI is InChI=1S/C14H17F3N2O4S2/c15-14(16,17)9-23-13-10(2-1-4-18-13)6-19-12(20)7-24-11-3-5-25(21,22)8-11/h1-2,4,11H,3,5-9H2,(H,19,20)/t11-/m0/s1. The van der Waals surface area contributed by atoms with Crippen LogP contribution in [0.5, 0.6) is 5.88 Å². The zero-order valence-electron chi connectivity index (χ0n) is 13.1. The third-order valence-electron chi connectivity index (χ3n) is 3.34. The Morgan fingerprint density at radius 1 is 1.44 bits per heavy atom. The fourth-order valence-electron chi connectivity index (χ4n) is 2.17. The Balaban J connectivity index is 1.79. The van der Waals surface area contributed by atoms with E-state index < -0.39 is 22.6 Å². The highest BCUT2D eigenvalue weighted by molar-refractivity contribution is 8.02. The number of thioether (sulfide) groups is 1. The highest BCUT2D eigenvalue weighted by Crippen LogP contribution is 2.24. The lowest BCUT2D eigenvalue weighted by Gasteiger charge is -2.13. The van der Waals surface area contributed by atoms with Crippen molar-refractivity contribution in [3.05, 3.63) is 23.9 Å². The molecule has 0 radical (unpaired) electrons. The predicted molar refractivity (Wildman–Crippen MR) is 87.2 cm³/mol. The Morgan fingerprint density at radius 3 is 2.84 bits per heavy atom. The number of amides is 1. The van der Waals surface area contributed by atoms with Gasteiger partial charge in [0.1, 0.15) is 0 Å². The molecule has 0 unspecified atom stereocenters. The van der Waals surface area contributed by atoms with Crippen LogP contribution in [-0.4, -0.2) is 54.6 Å². The minimum Gasteiger partial charge on any atom is -0.468 e. The van der Waals surface area contributed by atoms with Gasteiger partial charge in [-0.15, -0.1) is 11.8 Å². The molecule has 140 valence electrons. The van der Waals surface area contributed by atoms with Gasteiger partial charge in [-0.05, 0) is 12.5 Å². The zero-order chi connectivity index (χ0) is 18.5. The summed E-state index contributed by atoms with van der Waals surface area (Å²) >= 11 is 1.26. The van der Waals surface area contributed by atoms with Crippen LogP contribution in [0.4, 0.5) is 13.2 Å². The van der Waals surface area contributed by atoms with E-state index in [1.807, 2.05) is 0 Å². The summed E-state index contributed by atoms with van der Waals surface area (Å²) < 4.78 is 64.0. The second-order valence-electron chi connectivity index (χ2n) is 5.48. The number of sulfone groups is 1. The molecule has 0 saturated carbocycles. The number of aromatic nitrogens is 1. The van der Waals surface area contributed by atoms with Crippen molar-refractivity contribution in [3.8, 4) is 5.88 Å². The number of carbonyl (C=O) groups excluding carboxylic acids is 1. The molecule has 25 heavy (non-hydrogen) atoms. The first-order valence-electron chi connectivity index (χ1n) is 7.37. The van der Waals surface area contributed by atoms with E-state index in [2.05, 4.69) is 15.0 Å². The van der Waals surface area contributed by atoms with Crippen molar-refractivity contribution >= 4 is 27.5 Å². The normalized spacial score (nSPS) is 19.6. The van der Waals surface area contributed by atoms with Gasteiger partial charge in [-0.25, -0.2) is 13.4 Å². The van der Waals surface area contributed by atoms with Gasteiger partial charge < -0.3 is 10.1 Å². The number of ether oxygens (including phenoxy) is 1. The summed E-state index contributed by atoms with van der Waals surface area (Å²) in [6.45, 7) is -1.49. The molecule has 1 aromatic heterocycles. The Hall–Kier alpha value is -1.49. The van der Waals surface area contributed by atoms with Crippen LogP contribution in [0.3, 0.4) is 0 Å². The van der Waals surface area contributed by atoms with Crippen LogP contribution in [0, 0.1) is 0 Å². The van der Waals surface area contributed by atoms with E-state index in [-0.39, 0.29) is 40.8 Å². The fraction of sp³-hybridized carbons (Fsp3) is 0.571. The molecule has 0 spiro atoms. The van der Waals surface area contributed by atoms with E-state index in [0.717, 1.165) is 0 Å². The largest absolute Gasteiger partial charge is 0.468 e. The minimum atomic E-state index is -4.48. The molecule has 1 aliphatic heterocycles. The number of pyridine rings is 1. The van der Waals surface area contributed by atoms with Crippen LogP contribution < -0.4 is 10.1 Å². The molecule has 1 amide bonds. The van der Waals surface area contributed by atoms with Gasteiger partial charge >= 0.3 is 6.18 Å². The highest BCUT2D eigenvalue weighted by atomic mass is 32.2. The SMILES string of the molecule is O=C(CS[C@H]1CCS(=O)(=O)C1)NCc1cccnc1OCC(F)(F)F. The summed E-state index contributed by atoms with van der Waals surface area (Å²) in [6, 6.07) is 3.04. The van der Waals surface area contributed by atoms with Crippen LogP contribution >= 0.6 is 11.8 Å². The van der Waals surface area contributed by atoms with E-state index in [1.165, 1.54) is 30.1 Å². The minimum absolute atomic E-state index is 0.0244. The fourth-order valence-corrected chi connectivity index (χ4v) is 5.64. The zero-order valence-corrected chi connectivity index (χ0v) is 14.7. The summed E-state index contributed by atoms with van der Waals surface area (Å²) in [4.78, 5) is 15.6. The number of carbonyl (C=O) groups is 1. The third-order valence-corrected chi connectivity index (χ3v) is 6.62. The number of hydrogen-bond acceptors (Lipinski definition) is 6. The predicted octanol–water partition coefficient (Wildman–Crippen LogP) is 1.56. The molecule has 1 fully saturated rings. The van der Waals surface area contributed by atoms with Crippen molar-refractivity contribution in [2.24, 2.45) is 0 Å². The van der Waals surface area contributed by atoms with E-state index in [0.29, 0.717) is 12.0 Å². The van der Waals surface area contributed by atoms with Crippen LogP contribution in [0.1, 0.15) is 12.0 Å². The first-order chi connectivity index (χ1) is 11.6. The lowest BCUT2D eigenvalue weighted by molar-refractivity contribution is -0.154. The number of nitrogens with zero attached hydrogens (tertiary/aromatic N) is 1. The highest BCUT2D eigenvalue weighted by Gasteiger charge is 2.29. The maximum absolute atomic E-state index is 12.2. The second-order valence-corrected chi connectivity index (χ2v) is 9.00. The smallest absolute Gasteiger partial charge is 0.422 e. The second kappa shape index (κ2) is 8.26. The Morgan fingerprint density at radius 2 is 2.20 bits per heavy atom. The van der Waals surface area contributed by atoms with Gasteiger partial charge in [0.15, 0.2) is 16.4 Å². The molecular weight excluding hydrogens is 381 g/mol. The van der Waals surface area contributed by atoms with Crippen molar-refractivity contribution < 1.29 is 31.1 Å². The molecule has 0 aromatic carbocycles. The van der Waals surface area contributed by atoms with Gasteiger partial charge in [-0.1, -0.05) is 6.07 Å². The lowest BCUT2D eigenvalue weighted by atomic mass is 10.2. The molecule has 1 aliphatic rings. The lowest BCUT2D eigenvalue weighted by Crippen LogP contribution is -2.26. The molecule has 0 aliphatic carbocycles. The average Bonchev–Trinajstić information content (AvgIpc) is 2.88. The average molecular weight is 398 g/mol. The first kappa shape index (κ1) is 19.8. The van der Waals surface area contributed by atoms with Gasteiger partial charge in [-0.3, -0.25) is 4.79 Å². The molecule has 2 heterocycles. The maximum Gasteiger partial charge on any atom is 0.422 e. The summed E-state index contributed by atoms with van der Waals surface area (Å²) in [5.74, 6) is -0.223. The Bertz CT molecular complexity index is 710. The number of nitrogens with one attached hydrogen (secondary N) is 1. The summed E-state index contributed by atoms with van der Waals surface area (Å²) in [7, 11) is -2.99. The molecule has 0 bridgehead atoms. The Labute approximate surface area is 147 Å². The van der Waals surface area contributed by atoms with Crippen molar-refractivity contribution in [3.63, 3.8) is 0 Å². The summed E-state index contributed by atoms with van der Waals surface area (Å²) in [5, 5.41) is 2.47. The molecule has 2 rings (SSSR count). The quantitative estimate of drug-likeness (QED) is 0.750. The number of alkyl halides is 3. The van der Waals surface area contributed by atoms with Crippen molar-refractivity contribution in [1.82, 2.24) is 10.3 Å². The molecule has 1 N–H and O–H groups in total. The molecular formula is C14H17F3N2O4S2. The van der Waals surface area contributed by atoms with E-state index in [1.54, 1.807) is 0 Å². The molecule has 1 saturated heterocycles. The van der Waals surface area contributed by atoms with Crippen LogP contribution in [0.2, 0.25) is 0 Å². The van der Waals surface area contributed by atoms with Crippen LogP contribution in [0.25, 0.3) is 0 Å². The monoisotopic (exact) mass is 398 g/mol. The van der Waals surface area contributed by atoms with Gasteiger partial charge in [0.2, 0.25) is 11.8 Å². The first-order valence-corrected chi connectivity index (χ1v) is 10.2. The van der Waals surface area contributed by atoms with Crippen LogP contribution in [-0.2, 0) is 21.2 Å². The van der Waals surface area contributed by atoms with Crippen molar-refractivity contribution in [2.45, 2.75) is 24.4 Å². The molecule has 6 nitrogen and oxygen atoms in total. The molecule has 11 heteroatoms. The van der Waals surface area contributed by atoms with Gasteiger partial charge in [0.05, 0.1) is 17.3 Å². The van der Waals surface area contributed by atoms with E-state index >= 15 is 0 Å². The third kappa shape index (κ3) is 7.10. The summed E-state index contributed by atoms with van der Waals surface area (Å²) in [5.41, 5.74) is 0.327. The molecule has 1 aromatic rings. The van der Waals surface area contributed by atoms with Crippen molar-refractivity contribution in [1.29, 1.82) is 0 Å². The summed E-state index contributed by atoms with van der Waals surface area (Å²) in [6.07, 6.45) is -2.65.